The van der Waals surface area contributed by atoms with Crippen LogP contribution in [0.15, 0.2) is 36.7 Å². The molecular weight excluding hydrogens is 482 g/mol. The van der Waals surface area contributed by atoms with Crippen molar-refractivity contribution in [1.29, 1.82) is 0 Å². The number of benzene rings is 1. The monoisotopic (exact) mass is 515 g/mol. The fourth-order valence-electron chi connectivity index (χ4n) is 5.07. The van der Waals surface area contributed by atoms with Crippen LogP contribution in [0.25, 0.3) is 0 Å². The number of halogens is 1. The first-order chi connectivity index (χ1) is 17.4. The minimum atomic E-state index is -0.264. The average molecular weight is 516 g/mol. The maximum atomic E-state index is 13.0. The molecule has 2 saturated heterocycles. The molecule has 2 fully saturated rings. The summed E-state index contributed by atoms with van der Waals surface area (Å²) in [5.74, 6) is 0.693. The van der Waals surface area contributed by atoms with Crippen molar-refractivity contribution in [2.45, 2.75) is 31.4 Å². The topological polar surface area (TPSA) is 110 Å². The molecule has 194 valence electrons. The summed E-state index contributed by atoms with van der Waals surface area (Å²) in [6, 6.07) is 6.57. The van der Waals surface area contributed by atoms with Crippen LogP contribution >= 0.6 is 11.6 Å². The Hall–Kier alpha value is -2.88. The highest BCUT2D eigenvalue weighted by atomic mass is 35.5. The molecule has 9 nitrogen and oxygen atoms in total. The van der Waals surface area contributed by atoms with Crippen LogP contribution in [-0.2, 0) is 4.74 Å². The smallest absolute Gasteiger partial charge is 0.255 e. The van der Waals surface area contributed by atoms with Crippen LogP contribution in [0.2, 0.25) is 5.02 Å². The fraction of sp³-hybridized carbons (Fsp3) is 0.500. The van der Waals surface area contributed by atoms with E-state index in [4.69, 9.17) is 26.8 Å². The number of nitrogen functional groups attached to an aromatic ring is 1. The highest BCUT2D eigenvalue weighted by Gasteiger charge is 2.33. The third-order valence-electron chi connectivity index (χ3n) is 7.15. The van der Waals surface area contributed by atoms with Crippen molar-refractivity contribution >= 4 is 29.1 Å². The Labute approximate surface area is 216 Å². The van der Waals surface area contributed by atoms with Gasteiger partial charge >= 0.3 is 0 Å². The number of nitrogens with one attached hydrogen (secondary N) is 1. The molecule has 0 bridgehead atoms. The number of hydrogen-bond donors (Lipinski definition) is 2. The zero-order chi connectivity index (χ0) is 25.7. The SMILES string of the molecule is COc1cc(N)c(Cl)cc1C(=O)N[C@@H]1CCN(CC2CCN(C(=O)c3cccnc3)CC2)C[C@@H]1OC. The van der Waals surface area contributed by atoms with Crippen molar-refractivity contribution in [3.8, 4) is 5.75 Å². The van der Waals surface area contributed by atoms with Crippen molar-refractivity contribution in [3.63, 3.8) is 0 Å². The van der Waals surface area contributed by atoms with E-state index in [1.165, 1.54) is 13.2 Å². The molecule has 3 heterocycles. The van der Waals surface area contributed by atoms with Crippen molar-refractivity contribution < 1.29 is 19.1 Å². The fourth-order valence-corrected chi connectivity index (χ4v) is 5.23. The maximum Gasteiger partial charge on any atom is 0.255 e. The van der Waals surface area contributed by atoms with Crippen molar-refractivity contribution in [2.24, 2.45) is 5.92 Å². The van der Waals surface area contributed by atoms with E-state index >= 15 is 0 Å². The van der Waals surface area contributed by atoms with Gasteiger partial charge in [-0.15, -0.1) is 0 Å². The minimum Gasteiger partial charge on any atom is -0.496 e. The summed E-state index contributed by atoms with van der Waals surface area (Å²) in [5.41, 5.74) is 7.19. The molecule has 4 rings (SSSR count). The molecule has 10 heteroatoms. The van der Waals surface area contributed by atoms with E-state index in [9.17, 15) is 9.59 Å². The average Bonchev–Trinajstić information content (AvgIpc) is 2.91. The van der Waals surface area contributed by atoms with E-state index in [1.807, 2.05) is 11.0 Å². The molecule has 0 spiro atoms. The van der Waals surface area contributed by atoms with Gasteiger partial charge in [0.25, 0.3) is 11.8 Å². The predicted molar refractivity (Wildman–Crippen MR) is 138 cm³/mol. The highest BCUT2D eigenvalue weighted by molar-refractivity contribution is 6.33. The molecule has 2 aromatic rings. The van der Waals surface area contributed by atoms with E-state index in [-0.39, 0.29) is 24.0 Å². The normalized spacial score (nSPS) is 21.2. The zero-order valence-corrected chi connectivity index (χ0v) is 21.5. The number of piperidine rings is 2. The molecule has 1 aromatic heterocycles. The largest absolute Gasteiger partial charge is 0.496 e. The summed E-state index contributed by atoms with van der Waals surface area (Å²) in [5, 5.41) is 3.41. The molecule has 3 N–H and O–H groups in total. The van der Waals surface area contributed by atoms with Crippen LogP contribution in [-0.4, -0.2) is 85.7 Å². The van der Waals surface area contributed by atoms with Crippen LogP contribution in [0.4, 0.5) is 5.69 Å². The van der Waals surface area contributed by atoms with Crippen molar-refractivity contribution in [3.05, 3.63) is 52.8 Å². The lowest BCUT2D eigenvalue weighted by Crippen LogP contribution is -2.55. The molecule has 2 aliphatic heterocycles. The van der Waals surface area contributed by atoms with Crippen LogP contribution in [0, 0.1) is 5.92 Å². The lowest BCUT2D eigenvalue weighted by atomic mass is 9.93. The number of methoxy groups -OCH3 is 2. The number of hydrogen-bond acceptors (Lipinski definition) is 7. The number of nitrogens with zero attached hydrogens (tertiary/aromatic N) is 3. The predicted octanol–water partition coefficient (Wildman–Crippen LogP) is 2.70. The number of nitrogens with two attached hydrogens (primary N) is 1. The second-order valence-corrected chi connectivity index (χ2v) is 9.86. The number of rotatable bonds is 7. The summed E-state index contributed by atoms with van der Waals surface area (Å²) in [6.07, 6.45) is 5.88. The molecule has 2 atom stereocenters. The quantitative estimate of drug-likeness (QED) is 0.545. The van der Waals surface area contributed by atoms with E-state index in [1.54, 1.807) is 31.6 Å². The van der Waals surface area contributed by atoms with E-state index in [0.717, 1.165) is 52.0 Å². The molecule has 2 amide bonds. The van der Waals surface area contributed by atoms with E-state index < -0.39 is 0 Å². The van der Waals surface area contributed by atoms with Gasteiger partial charge in [-0.3, -0.25) is 14.6 Å². The van der Waals surface area contributed by atoms with Crippen molar-refractivity contribution in [1.82, 2.24) is 20.1 Å². The summed E-state index contributed by atoms with van der Waals surface area (Å²) < 4.78 is 11.1. The molecule has 0 aliphatic carbocycles. The van der Waals surface area contributed by atoms with Crippen molar-refractivity contribution in [2.75, 3.05) is 52.7 Å². The Bertz CT molecular complexity index is 1060. The number of pyridine rings is 1. The second-order valence-electron chi connectivity index (χ2n) is 9.45. The third-order valence-corrected chi connectivity index (χ3v) is 7.48. The number of ether oxygens (including phenoxy) is 2. The van der Waals surface area contributed by atoms with Gasteiger partial charge in [0.1, 0.15) is 5.75 Å². The number of aromatic nitrogens is 1. The van der Waals surface area contributed by atoms with Gasteiger partial charge in [0.15, 0.2) is 0 Å². The Kier molecular flexibility index (Phi) is 8.66. The Morgan fingerprint density at radius 3 is 2.64 bits per heavy atom. The minimum absolute atomic E-state index is 0.0524. The number of carbonyl (C=O) groups is 2. The summed E-state index contributed by atoms with van der Waals surface area (Å²) >= 11 is 6.14. The first kappa shape index (κ1) is 26.2. The molecule has 0 radical (unpaired) electrons. The molecule has 1 aromatic carbocycles. The molecule has 2 aliphatic rings. The maximum absolute atomic E-state index is 13.0. The van der Waals surface area contributed by atoms with Gasteiger partial charge in [-0.2, -0.15) is 0 Å². The number of carbonyl (C=O) groups excluding carboxylic acids is 2. The van der Waals surface area contributed by atoms with Gasteiger partial charge in [0.05, 0.1) is 41.1 Å². The summed E-state index contributed by atoms with van der Waals surface area (Å²) in [4.78, 5) is 34.1. The van der Waals surface area contributed by atoms with Gasteiger partial charge in [-0.25, -0.2) is 0 Å². The lowest BCUT2D eigenvalue weighted by molar-refractivity contribution is -0.00110. The molecule has 0 unspecified atom stereocenters. The van der Waals surface area contributed by atoms with Gasteiger partial charge < -0.3 is 30.3 Å². The Balaban J connectivity index is 1.28. The van der Waals surface area contributed by atoms with E-state index in [0.29, 0.717) is 33.5 Å². The van der Waals surface area contributed by atoms with Gasteiger partial charge in [0.2, 0.25) is 0 Å². The first-order valence-corrected chi connectivity index (χ1v) is 12.7. The standard InChI is InChI=1S/C26H34ClN5O4/c1-35-23-13-21(28)20(27)12-19(23)25(33)30-22-7-9-31(16-24(22)36-2)15-17-5-10-32(11-6-17)26(34)18-4-3-8-29-14-18/h3-4,8,12-14,17,22,24H,5-7,9-11,15-16,28H2,1-2H3,(H,30,33)/t22-,24+/m1/s1. The summed E-state index contributed by atoms with van der Waals surface area (Å²) in [6.45, 7) is 4.06. The van der Waals surface area contributed by atoms with Crippen LogP contribution in [0.3, 0.4) is 0 Å². The first-order valence-electron chi connectivity index (χ1n) is 12.3. The molecule has 0 saturated carbocycles. The van der Waals surface area contributed by atoms with E-state index in [2.05, 4.69) is 15.2 Å². The zero-order valence-electron chi connectivity index (χ0n) is 20.8. The highest BCUT2D eigenvalue weighted by Crippen LogP contribution is 2.29. The van der Waals surface area contributed by atoms with Crippen LogP contribution in [0.1, 0.15) is 40.0 Å². The number of likely N-dealkylation sites (tertiary alicyclic amines) is 2. The van der Waals surface area contributed by atoms with Crippen LogP contribution in [0.5, 0.6) is 5.75 Å². The summed E-state index contributed by atoms with van der Waals surface area (Å²) in [7, 11) is 3.17. The Morgan fingerprint density at radius 2 is 1.97 bits per heavy atom. The number of anilines is 1. The molecule has 36 heavy (non-hydrogen) atoms. The van der Waals surface area contributed by atoms with Gasteiger partial charge in [0, 0.05) is 58.3 Å². The Morgan fingerprint density at radius 1 is 1.19 bits per heavy atom. The second kappa shape index (κ2) is 11.9. The lowest BCUT2D eigenvalue weighted by Gasteiger charge is -2.41. The molecular formula is C26H34ClN5O4. The third kappa shape index (κ3) is 6.08. The van der Waals surface area contributed by atoms with Gasteiger partial charge in [-0.1, -0.05) is 11.6 Å². The van der Waals surface area contributed by atoms with Gasteiger partial charge in [-0.05, 0) is 43.4 Å². The van der Waals surface area contributed by atoms with Crippen LogP contribution < -0.4 is 15.8 Å². The number of amides is 2.